The van der Waals surface area contributed by atoms with E-state index in [9.17, 15) is 4.79 Å². The number of carbonyl (C=O) groups is 1. The van der Waals surface area contributed by atoms with Gasteiger partial charge < -0.3 is 10.8 Å². The number of carboxylic acid groups (broad SMARTS) is 1. The number of thioether (sulfide) groups is 2. The zero-order valence-corrected chi connectivity index (χ0v) is 12.8. The summed E-state index contributed by atoms with van der Waals surface area (Å²) in [5, 5.41) is 9.52. The number of hydrogen-bond acceptors (Lipinski definition) is 4. The van der Waals surface area contributed by atoms with Crippen LogP contribution in [0, 0.1) is 0 Å². The molecule has 19 heavy (non-hydrogen) atoms. The van der Waals surface area contributed by atoms with Crippen molar-refractivity contribution in [3.63, 3.8) is 0 Å². The maximum atomic E-state index is 11.0. The molecule has 0 saturated heterocycles. The second kappa shape index (κ2) is 5.77. The molecule has 1 aromatic carbocycles. The summed E-state index contributed by atoms with van der Waals surface area (Å²) in [5.74, 6) is -0.00675. The van der Waals surface area contributed by atoms with Crippen molar-refractivity contribution in [2.45, 2.75) is 41.2 Å². The Labute approximate surface area is 122 Å². The summed E-state index contributed by atoms with van der Waals surface area (Å²) in [6.07, 6.45) is 1.06. The number of hydrogen-bond donors (Lipinski definition) is 2. The van der Waals surface area contributed by atoms with Crippen molar-refractivity contribution in [1.29, 1.82) is 0 Å². The van der Waals surface area contributed by atoms with Gasteiger partial charge in [-0.15, -0.1) is 11.8 Å². The van der Waals surface area contributed by atoms with E-state index in [1.807, 2.05) is 25.6 Å². The minimum absolute atomic E-state index is 0.443. The summed E-state index contributed by atoms with van der Waals surface area (Å²) in [7, 11) is 0. The second-order valence-electron chi connectivity index (χ2n) is 5.28. The molecular formula is C14H19NO2S2. The first-order valence-corrected chi connectivity index (χ1v) is 8.13. The fraction of sp³-hybridized carbons (Fsp3) is 0.500. The molecular weight excluding hydrogens is 278 g/mol. The van der Waals surface area contributed by atoms with Crippen LogP contribution in [0.3, 0.4) is 0 Å². The third-order valence-corrected chi connectivity index (χ3v) is 6.47. The van der Waals surface area contributed by atoms with Crippen molar-refractivity contribution >= 4 is 29.5 Å². The fourth-order valence-corrected chi connectivity index (χ4v) is 4.61. The van der Waals surface area contributed by atoms with E-state index in [4.69, 9.17) is 10.8 Å². The predicted molar refractivity (Wildman–Crippen MR) is 81.9 cm³/mol. The molecule has 0 amide bonds. The highest BCUT2D eigenvalue weighted by atomic mass is 32.2. The van der Waals surface area contributed by atoms with Gasteiger partial charge in [0.2, 0.25) is 0 Å². The van der Waals surface area contributed by atoms with Crippen molar-refractivity contribution in [3.8, 4) is 0 Å². The molecule has 1 aliphatic rings. The van der Waals surface area contributed by atoms with Gasteiger partial charge in [0.05, 0.1) is 0 Å². The van der Waals surface area contributed by atoms with E-state index < -0.39 is 16.8 Å². The van der Waals surface area contributed by atoms with Gasteiger partial charge in [0.1, 0.15) is 6.04 Å². The molecule has 3 nitrogen and oxygen atoms in total. The van der Waals surface area contributed by atoms with E-state index >= 15 is 0 Å². The Bertz CT molecular complexity index is 451. The van der Waals surface area contributed by atoms with Crippen molar-refractivity contribution in [3.05, 3.63) is 29.8 Å². The Morgan fingerprint density at radius 1 is 1.58 bits per heavy atom. The van der Waals surface area contributed by atoms with Crippen LogP contribution in [0.5, 0.6) is 0 Å². The van der Waals surface area contributed by atoms with Crippen LogP contribution < -0.4 is 5.73 Å². The summed E-state index contributed by atoms with van der Waals surface area (Å²) in [5.41, 5.74) is 7.14. The molecule has 1 aromatic rings. The van der Waals surface area contributed by atoms with Crippen LogP contribution >= 0.6 is 23.5 Å². The number of carboxylic acids is 1. The molecule has 0 aromatic heterocycles. The molecule has 1 unspecified atom stereocenters. The van der Waals surface area contributed by atoms with Crippen LogP contribution in [0.25, 0.3) is 0 Å². The first-order chi connectivity index (χ1) is 8.90. The van der Waals surface area contributed by atoms with Crippen molar-refractivity contribution < 1.29 is 9.90 Å². The highest BCUT2D eigenvalue weighted by Crippen LogP contribution is 2.40. The lowest BCUT2D eigenvalue weighted by atomic mass is 10.1. The number of benzene rings is 1. The summed E-state index contributed by atoms with van der Waals surface area (Å²) in [4.78, 5) is 12.3. The average molecular weight is 297 g/mol. The van der Waals surface area contributed by atoms with Gasteiger partial charge >= 0.3 is 5.97 Å². The van der Waals surface area contributed by atoms with Crippen molar-refractivity contribution in [2.24, 2.45) is 5.73 Å². The van der Waals surface area contributed by atoms with E-state index in [0.29, 0.717) is 5.25 Å². The molecule has 104 valence electrons. The molecule has 0 aliphatic carbocycles. The van der Waals surface area contributed by atoms with Gasteiger partial charge in [-0.25, -0.2) is 0 Å². The Balaban J connectivity index is 1.90. The Hall–Kier alpha value is -0.650. The highest BCUT2D eigenvalue weighted by molar-refractivity contribution is 8.04. The van der Waals surface area contributed by atoms with Gasteiger partial charge in [0.25, 0.3) is 0 Å². The molecule has 1 heterocycles. The van der Waals surface area contributed by atoms with Gasteiger partial charge in [0, 0.05) is 20.6 Å². The molecule has 1 aliphatic heterocycles. The third kappa shape index (κ3) is 3.46. The third-order valence-electron chi connectivity index (χ3n) is 3.37. The summed E-state index contributed by atoms with van der Waals surface area (Å²) < 4.78 is -0.443. The smallest absolute Gasteiger partial charge is 0.321 e. The number of fused-ring (bicyclic) bond motifs is 1. The maximum Gasteiger partial charge on any atom is 0.321 e. The number of aliphatic carboxylic acids is 1. The first-order valence-electron chi connectivity index (χ1n) is 6.27. The van der Waals surface area contributed by atoms with Crippen LogP contribution in [0.2, 0.25) is 0 Å². The van der Waals surface area contributed by atoms with Gasteiger partial charge in [-0.05, 0) is 31.9 Å². The van der Waals surface area contributed by atoms with E-state index in [1.165, 1.54) is 10.5 Å². The minimum atomic E-state index is -0.931. The SMILES string of the molecule is CC(C)(SCC1Cc2ccccc2S1)[C@H](N)C(=O)O. The van der Waals surface area contributed by atoms with Crippen molar-refractivity contribution in [2.75, 3.05) is 5.75 Å². The molecule has 0 fully saturated rings. The monoisotopic (exact) mass is 297 g/mol. The largest absolute Gasteiger partial charge is 0.480 e. The van der Waals surface area contributed by atoms with E-state index in [-0.39, 0.29) is 0 Å². The van der Waals surface area contributed by atoms with Gasteiger partial charge in [-0.1, -0.05) is 18.2 Å². The molecule has 0 radical (unpaired) electrons. The van der Waals surface area contributed by atoms with Crippen LogP contribution in [0.1, 0.15) is 19.4 Å². The van der Waals surface area contributed by atoms with Gasteiger partial charge in [0.15, 0.2) is 0 Å². The second-order valence-corrected chi connectivity index (χ2v) is 8.30. The average Bonchev–Trinajstić information content (AvgIpc) is 2.78. The molecule has 2 atom stereocenters. The molecule has 2 rings (SSSR count). The van der Waals surface area contributed by atoms with E-state index in [2.05, 4.69) is 24.3 Å². The topological polar surface area (TPSA) is 63.3 Å². The first kappa shape index (κ1) is 14.8. The fourth-order valence-electron chi connectivity index (χ4n) is 2.04. The summed E-state index contributed by atoms with van der Waals surface area (Å²) >= 11 is 3.54. The van der Waals surface area contributed by atoms with Gasteiger partial charge in [-0.3, -0.25) is 4.79 Å². The molecule has 0 spiro atoms. The lowest BCUT2D eigenvalue weighted by Gasteiger charge is -2.29. The van der Waals surface area contributed by atoms with Crippen LogP contribution in [0.15, 0.2) is 29.2 Å². The van der Waals surface area contributed by atoms with E-state index in [0.717, 1.165) is 12.2 Å². The van der Waals surface area contributed by atoms with Gasteiger partial charge in [-0.2, -0.15) is 11.8 Å². The van der Waals surface area contributed by atoms with Crippen LogP contribution in [-0.4, -0.2) is 32.9 Å². The zero-order chi connectivity index (χ0) is 14.0. The van der Waals surface area contributed by atoms with E-state index in [1.54, 1.807) is 11.8 Å². The van der Waals surface area contributed by atoms with Crippen LogP contribution in [-0.2, 0) is 11.2 Å². The minimum Gasteiger partial charge on any atom is -0.480 e. The zero-order valence-electron chi connectivity index (χ0n) is 11.1. The Morgan fingerprint density at radius 3 is 2.89 bits per heavy atom. The lowest BCUT2D eigenvalue weighted by molar-refractivity contribution is -0.139. The predicted octanol–water partition coefficient (Wildman–Crippen LogP) is 2.63. The summed E-state index contributed by atoms with van der Waals surface area (Å²) in [6, 6.07) is 7.62. The van der Waals surface area contributed by atoms with Crippen molar-refractivity contribution in [1.82, 2.24) is 0 Å². The Morgan fingerprint density at radius 2 is 2.26 bits per heavy atom. The molecule has 0 saturated carbocycles. The molecule has 3 N–H and O–H groups in total. The molecule has 5 heteroatoms. The number of nitrogens with two attached hydrogens (primary N) is 1. The van der Waals surface area contributed by atoms with Crippen LogP contribution in [0.4, 0.5) is 0 Å². The lowest BCUT2D eigenvalue weighted by Crippen LogP contribution is -2.47. The Kier molecular flexibility index (Phi) is 4.48. The number of rotatable bonds is 5. The normalized spacial score (nSPS) is 20.1. The highest BCUT2D eigenvalue weighted by Gasteiger charge is 2.34. The quantitative estimate of drug-likeness (QED) is 0.875. The molecule has 0 bridgehead atoms. The summed E-state index contributed by atoms with van der Waals surface area (Å²) in [6.45, 7) is 3.81. The maximum absolute atomic E-state index is 11.0. The standard InChI is InChI=1S/C14H19NO2S2/c1-14(2,12(15)13(16)17)18-8-10-7-9-5-3-4-6-11(9)19-10/h3-6,10,12H,7-8,15H2,1-2H3,(H,16,17)/t10?,12-/m1/s1.